The Morgan fingerprint density at radius 1 is 1.47 bits per heavy atom. The lowest BCUT2D eigenvalue weighted by atomic mass is 10.1. The van der Waals surface area contributed by atoms with Gasteiger partial charge in [-0.1, -0.05) is 0 Å². The fourth-order valence-corrected chi connectivity index (χ4v) is 2.52. The number of amides is 1. The summed E-state index contributed by atoms with van der Waals surface area (Å²) in [5.74, 6) is 0.0641. The van der Waals surface area contributed by atoms with Gasteiger partial charge in [-0.25, -0.2) is 0 Å². The van der Waals surface area contributed by atoms with Gasteiger partial charge in [-0.2, -0.15) is 0 Å². The molecule has 0 radical (unpaired) electrons. The number of fused-ring (bicyclic) bond motifs is 3. The number of carbonyl (C=O) groups excluding carboxylic acids is 2. The summed E-state index contributed by atoms with van der Waals surface area (Å²) in [7, 11) is 0. The van der Waals surface area contributed by atoms with Crippen LogP contribution in [-0.4, -0.2) is 23.7 Å². The summed E-state index contributed by atoms with van der Waals surface area (Å²) in [6.07, 6.45) is 1.66. The van der Waals surface area contributed by atoms with E-state index in [0.717, 1.165) is 41.4 Å². The molecule has 1 aliphatic heterocycles. The number of benzene rings is 1. The predicted octanol–water partition coefficient (Wildman–Crippen LogP) is 1.89. The van der Waals surface area contributed by atoms with E-state index in [4.69, 9.17) is 0 Å². The molecule has 1 aliphatic rings. The Bertz CT molecular complexity index is 628. The quantitative estimate of drug-likeness (QED) is 0.758. The van der Waals surface area contributed by atoms with Crippen LogP contribution < -0.4 is 4.90 Å². The maximum atomic E-state index is 11.5. The topological polar surface area (TPSA) is 53.2 Å². The molecular weight excluding hydrogens is 216 g/mol. The molecule has 1 amide bonds. The minimum atomic E-state index is 0.0641. The van der Waals surface area contributed by atoms with E-state index in [9.17, 15) is 9.59 Å². The first kappa shape index (κ1) is 10.1. The standard InChI is InChI=1S/C13H12N2O2/c1-8(17)15-5-4-10-11-6-9(7-16)14-12(11)2-3-13(10)15/h2-3,6-7,14H,4-5H2,1H3. The smallest absolute Gasteiger partial charge is 0.223 e. The van der Waals surface area contributed by atoms with Crippen molar-refractivity contribution in [3.63, 3.8) is 0 Å². The number of hydrogen-bond acceptors (Lipinski definition) is 2. The highest BCUT2D eigenvalue weighted by atomic mass is 16.2. The zero-order valence-electron chi connectivity index (χ0n) is 9.49. The van der Waals surface area contributed by atoms with Crippen molar-refractivity contribution < 1.29 is 9.59 Å². The molecule has 0 aliphatic carbocycles. The van der Waals surface area contributed by atoms with Gasteiger partial charge >= 0.3 is 0 Å². The summed E-state index contributed by atoms with van der Waals surface area (Å²) < 4.78 is 0. The van der Waals surface area contributed by atoms with E-state index >= 15 is 0 Å². The zero-order valence-corrected chi connectivity index (χ0v) is 9.49. The maximum Gasteiger partial charge on any atom is 0.223 e. The van der Waals surface area contributed by atoms with E-state index in [1.807, 2.05) is 18.2 Å². The molecule has 0 saturated carbocycles. The van der Waals surface area contributed by atoms with Crippen LogP contribution in [0, 0.1) is 0 Å². The summed E-state index contributed by atoms with van der Waals surface area (Å²) in [4.78, 5) is 27.0. The van der Waals surface area contributed by atoms with Gasteiger partial charge < -0.3 is 9.88 Å². The first-order valence-electron chi connectivity index (χ1n) is 5.58. The van der Waals surface area contributed by atoms with Crippen LogP contribution >= 0.6 is 0 Å². The molecule has 1 N–H and O–H groups in total. The fraction of sp³-hybridized carbons (Fsp3) is 0.231. The molecule has 0 fully saturated rings. The number of nitrogens with one attached hydrogen (secondary N) is 1. The monoisotopic (exact) mass is 228 g/mol. The van der Waals surface area contributed by atoms with Crippen LogP contribution in [0.4, 0.5) is 5.69 Å². The molecule has 1 aromatic carbocycles. The van der Waals surface area contributed by atoms with E-state index in [2.05, 4.69) is 4.98 Å². The van der Waals surface area contributed by atoms with E-state index in [0.29, 0.717) is 5.69 Å². The molecule has 4 nitrogen and oxygen atoms in total. The van der Waals surface area contributed by atoms with Gasteiger partial charge in [-0.15, -0.1) is 0 Å². The van der Waals surface area contributed by atoms with Gasteiger partial charge in [0.25, 0.3) is 0 Å². The van der Waals surface area contributed by atoms with Crippen molar-refractivity contribution in [1.82, 2.24) is 4.98 Å². The highest BCUT2D eigenvalue weighted by Crippen LogP contribution is 2.34. The van der Waals surface area contributed by atoms with E-state index in [-0.39, 0.29) is 5.91 Å². The number of hydrogen-bond donors (Lipinski definition) is 1. The van der Waals surface area contributed by atoms with Gasteiger partial charge in [0.2, 0.25) is 5.91 Å². The first-order chi connectivity index (χ1) is 8.20. The Kier molecular flexibility index (Phi) is 2.04. The second kappa shape index (κ2) is 3.45. The van der Waals surface area contributed by atoms with Crippen LogP contribution in [0.3, 0.4) is 0 Å². The molecule has 0 bridgehead atoms. The first-order valence-corrected chi connectivity index (χ1v) is 5.58. The number of anilines is 1. The molecule has 0 unspecified atom stereocenters. The number of nitrogens with zero attached hydrogens (tertiary/aromatic N) is 1. The van der Waals surface area contributed by atoms with Crippen molar-refractivity contribution >= 4 is 28.8 Å². The van der Waals surface area contributed by atoms with Crippen molar-refractivity contribution in [3.8, 4) is 0 Å². The minimum Gasteiger partial charge on any atom is -0.352 e. The van der Waals surface area contributed by atoms with Crippen LogP contribution in [0.5, 0.6) is 0 Å². The molecule has 86 valence electrons. The lowest BCUT2D eigenvalue weighted by Crippen LogP contribution is -2.25. The summed E-state index contributed by atoms with van der Waals surface area (Å²) in [5, 5.41) is 1.05. The Balaban J connectivity index is 2.24. The minimum absolute atomic E-state index is 0.0641. The maximum absolute atomic E-state index is 11.5. The van der Waals surface area contributed by atoms with Gasteiger partial charge in [0.05, 0.1) is 5.69 Å². The number of H-pyrrole nitrogens is 1. The van der Waals surface area contributed by atoms with Crippen LogP contribution in [0.15, 0.2) is 18.2 Å². The Labute approximate surface area is 98.2 Å². The number of aromatic nitrogens is 1. The van der Waals surface area contributed by atoms with Gasteiger partial charge in [-0.3, -0.25) is 9.59 Å². The Morgan fingerprint density at radius 3 is 3.00 bits per heavy atom. The van der Waals surface area contributed by atoms with Crippen molar-refractivity contribution in [2.75, 3.05) is 11.4 Å². The van der Waals surface area contributed by atoms with Crippen LogP contribution in [0.1, 0.15) is 23.0 Å². The molecule has 4 heteroatoms. The van der Waals surface area contributed by atoms with Crippen LogP contribution in [0.25, 0.3) is 10.9 Å². The largest absolute Gasteiger partial charge is 0.352 e. The third-order valence-electron chi connectivity index (χ3n) is 3.29. The van der Waals surface area contributed by atoms with Gasteiger partial charge in [0.15, 0.2) is 6.29 Å². The van der Waals surface area contributed by atoms with E-state index in [1.54, 1.807) is 11.8 Å². The van der Waals surface area contributed by atoms with Gasteiger partial charge in [-0.05, 0) is 30.2 Å². The van der Waals surface area contributed by atoms with E-state index in [1.165, 1.54) is 0 Å². The molecule has 2 heterocycles. The number of carbonyl (C=O) groups is 2. The molecule has 2 aromatic rings. The van der Waals surface area contributed by atoms with Crippen molar-refractivity contribution in [3.05, 3.63) is 29.5 Å². The summed E-state index contributed by atoms with van der Waals surface area (Å²) in [6, 6.07) is 5.71. The van der Waals surface area contributed by atoms with Gasteiger partial charge in [0, 0.05) is 30.1 Å². The normalized spacial score (nSPS) is 14.1. The summed E-state index contributed by atoms with van der Waals surface area (Å²) in [5.41, 5.74) is 3.66. The highest BCUT2D eigenvalue weighted by Gasteiger charge is 2.24. The van der Waals surface area contributed by atoms with Crippen molar-refractivity contribution in [2.24, 2.45) is 0 Å². The number of aldehydes is 1. The number of rotatable bonds is 1. The molecule has 0 atom stereocenters. The SMILES string of the molecule is CC(=O)N1CCc2c1ccc1[nH]c(C=O)cc21. The molecule has 0 spiro atoms. The van der Waals surface area contributed by atoms with Crippen LogP contribution in [0.2, 0.25) is 0 Å². The fourth-order valence-electron chi connectivity index (χ4n) is 2.52. The van der Waals surface area contributed by atoms with Crippen molar-refractivity contribution in [1.29, 1.82) is 0 Å². The molecule has 17 heavy (non-hydrogen) atoms. The van der Waals surface area contributed by atoms with Crippen LogP contribution in [-0.2, 0) is 11.2 Å². The van der Waals surface area contributed by atoms with Crippen molar-refractivity contribution in [2.45, 2.75) is 13.3 Å². The average Bonchev–Trinajstić information content (AvgIpc) is 2.91. The number of aromatic amines is 1. The average molecular weight is 228 g/mol. The Hall–Kier alpha value is -2.10. The molecule has 1 aromatic heterocycles. The summed E-state index contributed by atoms with van der Waals surface area (Å²) in [6.45, 7) is 2.30. The second-order valence-corrected chi connectivity index (χ2v) is 4.29. The predicted molar refractivity (Wildman–Crippen MR) is 65.4 cm³/mol. The summed E-state index contributed by atoms with van der Waals surface area (Å²) >= 11 is 0. The lowest BCUT2D eigenvalue weighted by Gasteiger charge is -2.14. The van der Waals surface area contributed by atoms with E-state index < -0.39 is 0 Å². The molecule has 0 saturated heterocycles. The zero-order chi connectivity index (χ0) is 12.0. The second-order valence-electron chi connectivity index (χ2n) is 4.29. The highest BCUT2D eigenvalue weighted by molar-refractivity contribution is 6.00. The third-order valence-corrected chi connectivity index (χ3v) is 3.29. The van der Waals surface area contributed by atoms with Gasteiger partial charge in [0.1, 0.15) is 0 Å². The lowest BCUT2D eigenvalue weighted by molar-refractivity contribution is -0.116. The Morgan fingerprint density at radius 2 is 2.29 bits per heavy atom. The third kappa shape index (κ3) is 1.37. The molecular formula is C13H12N2O2. The molecule has 3 rings (SSSR count).